The summed E-state index contributed by atoms with van der Waals surface area (Å²) < 4.78 is 10.9. The van der Waals surface area contributed by atoms with Crippen LogP contribution in [0.25, 0.3) is 0 Å². The molecule has 0 bridgehead atoms. The molecule has 4 nitrogen and oxygen atoms in total. The van der Waals surface area contributed by atoms with E-state index in [-0.39, 0.29) is 11.9 Å². The second-order valence-corrected chi connectivity index (χ2v) is 6.14. The number of rotatable bonds is 5. The zero-order valence-corrected chi connectivity index (χ0v) is 14.4. The van der Waals surface area contributed by atoms with Crippen molar-refractivity contribution >= 4 is 5.91 Å². The molecule has 2 unspecified atom stereocenters. The van der Waals surface area contributed by atoms with Gasteiger partial charge in [-0.15, -0.1) is 0 Å². The van der Waals surface area contributed by atoms with Gasteiger partial charge in [0.2, 0.25) is 0 Å². The molecule has 0 spiro atoms. The predicted molar refractivity (Wildman–Crippen MR) is 93.4 cm³/mol. The summed E-state index contributed by atoms with van der Waals surface area (Å²) in [6.45, 7) is 1.80. The highest BCUT2D eigenvalue weighted by Gasteiger charge is 2.31. The molecule has 2 aromatic rings. The molecule has 0 saturated heterocycles. The first kappa shape index (κ1) is 16.4. The minimum absolute atomic E-state index is 0.00692. The molecule has 0 heterocycles. The van der Waals surface area contributed by atoms with Crippen molar-refractivity contribution in [2.75, 3.05) is 14.2 Å². The summed E-state index contributed by atoms with van der Waals surface area (Å²) in [5.41, 5.74) is 2.59. The van der Waals surface area contributed by atoms with Crippen molar-refractivity contribution < 1.29 is 14.3 Å². The fourth-order valence-electron chi connectivity index (χ4n) is 3.29. The van der Waals surface area contributed by atoms with Crippen LogP contribution in [-0.2, 0) is 11.2 Å². The average Bonchev–Trinajstić information content (AvgIpc) is 3.05. The van der Waals surface area contributed by atoms with Crippen LogP contribution in [-0.4, -0.2) is 31.1 Å². The maximum Gasteiger partial charge on any atom is 0.263 e. The Kier molecular flexibility index (Phi) is 4.74. The van der Waals surface area contributed by atoms with Crippen molar-refractivity contribution in [2.24, 2.45) is 0 Å². The van der Waals surface area contributed by atoms with E-state index >= 15 is 0 Å². The van der Waals surface area contributed by atoms with Gasteiger partial charge in [-0.1, -0.05) is 24.3 Å². The fourth-order valence-corrected chi connectivity index (χ4v) is 3.29. The Bertz CT molecular complexity index is 711. The van der Waals surface area contributed by atoms with Gasteiger partial charge in [0.15, 0.2) is 6.10 Å². The van der Waals surface area contributed by atoms with Crippen LogP contribution in [0, 0.1) is 0 Å². The third kappa shape index (κ3) is 3.23. The van der Waals surface area contributed by atoms with Crippen LogP contribution < -0.4 is 9.47 Å². The summed E-state index contributed by atoms with van der Waals surface area (Å²) in [7, 11) is 3.49. The molecule has 2 atom stereocenters. The molecular weight excluding hydrogens is 302 g/mol. The molecule has 0 radical (unpaired) electrons. The van der Waals surface area contributed by atoms with E-state index in [0.29, 0.717) is 5.75 Å². The van der Waals surface area contributed by atoms with Crippen molar-refractivity contribution in [2.45, 2.75) is 31.9 Å². The maximum absolute atomic E-state index is 12.7. The molecule has 0 N–H and O–H groups in total. The van der Waals surface area contributed by atoms with Crippen LogP contribution in [0.2, 0.25) is 0 Å². The zero-order valence-electron chi connectivity index (χ0n) is 14.4. The first-order valence-corrected chi connectivity index (χ1v) is 8.25. The molecule has 4 heteroatoms. The molecule has 0 aromatic heterocycles. The van der Waals surface area contributed by atoms with E-state index in [0.717, 1.165) is 18.6 Å². The number of methoxy groups -OCH3 is 1. The molecule has 1 aliphatic rings. The standard InChI is InChI=1S/C20H23NO3/c1-14(24-17-11-9-16(23-3)10-12-17)20(22)21(2)19-13-8-15-6-4-5-7-18(15)19/h4-7,9-12,14,19H,8,13H2,1-3H3. The number of carbonyl (C=O) groups is 1. The number of ether oxygens (including phenoxy) is 2. The largest absolute Gasteiger partial charge is 0.497 e. The van der Waals surface area contributed by atoms with Crippen molar-refractivity contribution in [3.8, 4) is 11.5 Å². The van der Waals surface area contributed by atoms with Crippen molar-refractivity contribution in [1.82, 2.24) is 4.90 Å². The molecule has 0 fully saturated rings. The number of amides is 1. The third-order valence-corrected chi connectivity index (χ3v) is 4.64. The Hall–Kier alpha value is -2.49. The van der Waals surface area contributed by atoms with Gasteiger partial charge in [-0.25, -0.2) is 0 Å². The number of hydrogen-bond acceptors (Lipinski definition) is 3. The summed E-state index contributed by atoms with van der Waals surface area (Å²) >= 11 is 0. The fraction of sp³-hybridized carbons (Fsp3) is 0.350. The molecule has 0 aliphatic heterocycles. The smallest absolute Gasteiger partial charge is 0.263 e. The lowest BCUT2D eigenvalue weighted by molar-refractivity contribution is -0.138. The number of likely N-dealkylation sites (N-methyl/N-ethyl adjacent to an activating group) is 1. The zero-order chi connectivity index (χ0) is 17.1. The molecule has 1 aliphatic carbocycles. The number of fused-ring (bicyclic) bond motifs is 1. The second kappa shape index (κ2) is 6.95. The normalized spacial score (nSPS) is 17.0. The van der Waals surface area contributed by atoms with Crippen molar-refractivity contribution in [3.63, 3.8) is 0 Å². The van der Waals surface area contributed by atoms with Gasteiger partial charge in [0, 0.05) is 7.05 Å². The van der Waals surface area contributed by atoms with E-state index in [2.05, 4.69) is 18.2 Å². The summed E-state index contributed by atoms with van der Waals surface area (Å²) in [5, 5.41) is 0. The molecule has 126 valence electrons. The Morgan fingerprint density at radius 1 is 1.12 bits per heavy atom. The van der Waals surface area contributed by atoms with Crippen LogP contribution in [0.15, 0.2) is 48.5 Å². The van der Waals surface area contributed by atoms with E-state index in [1.165, 1.54) is 11.1 Å². The first-order valence-electron chi connectivity index (χ1n) is 8.25. The quantitative estimate of drug-likeness (QED) is 0.843. The minimum Gasteiger partial charge on any atom is -0.497 e. The molecular formula is C20H23NO3. The summed E-state index contributed by atoms with van der Waals surface area (Å²) in [5.74, 6) is 1.42. The summed E-state index contributed by atoms with van der Waals surface area (Å²) in [6, 6.07) is 15.8. The van der Waals surface area contributed by atoms with Gasteiger partial charge in [0.1, 0.15) is 11.5 Å². The topological polar surface area (TPSA) is 38.8 Å². The van der Waals surface area contributed by atoms with E-state index in [9.17, 15) is 4.79 Å². The average molecular weight is 325 g/mol. The molecule has 3 rings (SSSR count). The molecule has 0 saturated carbocycles. The number of nitrogens with zero attached hydrogens (tertiary/aromatic N) is 1. The summed E-state index contributed by atoms with van der Waals surface area (Å²) in [6.07, 6.45) is 1.46. The van der Waals surface area contributed by atoms with Gasteiger partial charge >= 0.3 is 0 Å². The lowest BCUT2D eigenvalue weighted by Gasteiger charge is -2.28. The Balaban J connectivity index is 1.67. The van der Waals surface area contributed by atoms with Gasteiger partial charge in [-0.2, -0.15) is 0 Å². The molecule has 1 amide bonds. The van der Waals surface area contributed by atoms with Gasteiger partial charge in [-0.3, -0.25) is 4.79 Å². The Morgan fingerprint density at radius 3 is 2.50 bits per heavy atom. The minimum atomic E-state index is -0.531. The summed E-state index contributed by atoms with van der Waals surface area (Å²) in [4.78, 5) is 14.6. The highest BCUT2D eigenvalue weighted by molar-refractivity contribution is 5.81. The first-order chi connectivity index (χ1) is 11.6. The van der Waals surface area contributed by atoms with E-state index in [1.54, 1.807) is 14.0 Å². The predicted octanol–water partition coefficient (Wildman–Crippen LogP) is 3.61. The van der Waals surface area contributed by atoms with E-state index in [1.807, 2.05) is 42.3 Å². The van der Waals surface area contributed by atoms with Gasteiger partial charge in [-0.05, 0) is 55.2 Å². The molecule has 24 heavy (non-hydrogen) atoms. The van der Waals surface area contributed by atoms with Gasteiger partial charge in [0.25, 0.3) is 5.91 Å². The number of benzene rings is 2. The van der Waals surface area contributed by atoms with Crippen LogP contribution in [0.1, 0.15) is 30.5 Å². The lowest BCUT2D eigenvalue weighted by atomic mass is 10.1. The molecule has 2 aromatic carbocycles. The van der Waals surface area contributed by atoms with Crippen LogP contribution in [0.5, 0.6) is 11.5 Å². The van der Waals surface area contributed by atoms with Crippen molar-refractivity contribution in [3.05, 3.63) is 59.7 Å². The van der Waals surface area contributed by atoms with Crippen LogP contribution in [0.3, 0.4) is 0 Å². The SMILES string of the molecule is COc1ccc(OC(C)C(=O)N(C)C2CCc3ccccc32)cc1. The maximum atomic E-state index is 12.7. The third-order valence-electron chi connectivity index (χ3n) is 4.64. The van der Waals surface area contributed by atoms with E-state index < -0.39 is 6.10 Å². The highest BCUT2D eigenvalue weighted by atomic mass is 16.5. The van der Waals surface area contributed by atoms with Gasteiger partial charge in [0.05, 0.1) is 13.2 Å². The monoisotopic (exact) mass is 325 g/mol. The number of aryl methyl sites for hydroxylation is 1. The Morgan fingerprint density at radius 2 is 1.79 bits per heavy atom. The second-order valence-electron chi connectivity index (χ2n) is 6.14. The highest BCUT2D eigenvalue weighted by Crippen LogP contribution is 2.35. The van der Waals surface area contributed by atoms with E-state index in [4.69, 9.17) is 9.47 Å². The van der Waals surface area contributed by atoms with Crippen molar-refractivity contribution in [1.29, 1.82) is 0 Å². The number of hydrogen-bond donors (Lipinski definition) is 0. The number of carbonyl (C=O) groups excluding carboxylic acids is 1. The Labute approximate surface area is 143 Å². The van der Waals surface area contributed by atoms with Crippen LogP contribution >= 0.6 is 0 Å². The van der Waals surface area contributed by atoms with Gasteiger partial charge < -0.3 is 14.4 Å². The lowest BCUT2D eigenvalue weighted by Crippen LogP contribution is -2.39. The van der Waals surface area contributed by atoms with Crippen LogP contribution in [0.4, 0.5) is 0 Å².